The van der Waals surface area contributed by atoms with Gasteiger partial charge < -0.3 is 9.64 Å². The summed E-state index contributed by atoms with van der Waals surface area (Å²) in [5.41, 5.74) is 1.55. The molecule has 1 atom stereocenters. The molecule has 2 saturated heterocycles. The predicted octanol–water partition coefficient (Wildman–Crippen LogP) is 2.73. The van der Waals surface area contributed by atoms with E-state index < -0.39 is 5.91 Å². The Morgan fingerprint density at radius 3 is 3.00 bits per heavy atom. The first-order valence-electron chi connectivity index (χ1n) is 9.46. The molecule has 8 nitrogen and oxygen atoms in total. The average molecular weight is 412 g/mol. The van der Waals surface area contributed by atoms with Crippen LogP contribution in [0.5, 0.6) is 0 Å². The second-order valence-corrected chi connectivity index (χ2v) is 7.88. The maximum absolute atomic E-state index is 12.2. The zero-order chi connectivity index (χ0) is 20.4. The van der Waals surface area contributed by atoms with E-state index in [0.717, 1.165) is 53.4 Å². The molecule has 0 spiro atoms. The number of carbonyl (C=O) groups excluding carboxylic acids is 3. The first-order valence-corrected chi connectivity index (χ1v) is 10.3. The van der Waals surface area contributed by atoms with Crippen molar-refractivity contribution < 1.29 is 19.1 Å². The third-order valence-corrected chi connectivity index (χ3v) is 5.73. The second-order valence-electron chi connectivity index (χ2n) is 6.86. The van der Waals surface area contributed by atoms with Crippen molar-refractivity contribution in [2.75, 3.05) is 24.6 Å². The SMILES string of the molecule is CCOC(=O)C1CCCN(c2ncnc3ccc(C=C4SC(=O)NC4=O)cc23)C1. The highest BCUT2D eigenvalue weighted by atomic mass is 32.2. The van der Waals surface area contributed by atoms with Gasteiger partial charge in [0.25, 0.3) is 11.1 Å². The monoisotopic (exact) mass is 412 g/mol. The second kappa shape index (κ2) is 8.20. The van der Waals surface area contributed by atoms with E-state index in [1.807, 2.05) is 25.1 Å². The minimum atomic E-state index is -0.391. The van der Waals surface area contributed by atoms with Gasteiger partial charge in [-0.3, -0.25) is 19.7 Å². The van der Waals surface area contributed by atoms with Crippen LogP contribution in [0.25, 0.3) is 17.0 Å². The number of nitrogens with one attached hydrogen (secondary N) is 1. The van der Waals surface area contributed by atoms with Crippen LogP contribution in [0.3, 0.4) is 0 Å². The number of piperidine rings is 1. The number of carbonyl (C=O) groups is 3. The fourth-order valence-corrected chi connectivity index (χ4v) is 4.28. The molecule has 1 unspecified atom stereocenters. The number of amides is 2. The highest BCUT2D eigenvalue weighted by molar-refractivity contribution is 8.18. The van der Waals surface area contributed by atoms with E-state index in [-0.39, 0.29) is 17.1 Å². The molecule has 1 aromatic carbocycles. The molecule has 9 heteroatoms. The van der Waals surface area contributed by atoms with Crippen molar-refractivity contribution in [1.29, 1.82) is 0 Å². The summed E-state index contributed by atoms with van der Waals surface area (Å²) in [6, 6.07) is 5.61. The normalized spacial score (nSPS) is 20.9. The number of nitrogens with zero attached hydrogens (tertiary/aromatic N) is 3. The lowest BCUT2D eigenvalue weighted by Crippen LogP contribution is -2.40. The third kappa shape index (κ3) is 4.09. The molecule has 150 valence electrons. The Morgan fingerprint density at radius 2 is 2.24 bits per heavy atom. The molecule has 29 heavy (non-hydrogen) atoms. The summed E-state index contributed by atoms with van der Waals surface area (Å²) in [6.07, 6.45) is 4.87. The lowest BCUT2D eigenvalue weighted by molar-refractivity contribution is -0.148. The average Bonchev–Trinajstić information content (AvgIpc) is 3.04. The Balaban J connectivity index is 1.66. The fourth-order valence-electron chi connectivity index (χ4n) is 3.60. The molecule has 0 radical (unpaired) electrons. The minimum absolute atomic E-state index is 0.171. The van der Waals surface area contributed by atoms with Crippen LogP contribution < -0.4 is 10.2 Å². The maximum Gasteiger partial charge on any atom is 0.310 e. The highest BCUT2D eigenvalue weighted by Crippen LogP contribution is 2.31. The van der Waals surface area contributed by atoms with Gasteiger partial charge in [-0.2, -0.15) is 0 Å². The molecule has 0 saturated carbocycles. The van der Waals surface area contributed by atoms with Crippen molar-refractivity contribution in [2.24, 2.45) is 5.92 Å². The van der Waals surface area contributed by atoms with E-state index in [2.05, 4.69) is 20.2 Å². The number of fused-ring (bicyclic) bond motifs is 1. The van der Waals surface area contributed by atoms with E-state index in [9.17, 15) is 14.4 Å². The van der Waals surface area contributed by atoms with Crippen LogP contribution >= 0.6 is 11.8 Å². The molecule has 1 aromatic heterocycles. The Hall–Kier alpha value is -2.94. The van der Waals surface area contributed by atoms with Crippen molar-refractivity contribution in [2.45, 2.75) is 19.8 Å². The Morgan fingerprint density at radius 1 is 1.38 bits per heavy atom. The van der Waals surface area contributed by atoms with Crippen LogP contribution in [-0.4, -0.2) is 46.8 Å². The lowest BCUT2D eigenvalue weighted by Gasteiger charge is -2.32. The number of hydrogen-bond acceptors (Lipinski definition) is 8. The van der Waals surface area contributed by atoms with Crippen molar-refractivity contribution in [3.05, 3.63) is 35.0 Å². The summed E-state index contributed by atoms with van der Waals surface area (Å²) in [5, 5.41) is 2.72. The molecule has 2 aliphatic heterocycles. The Bertz CT molecular complexity index is 1020. The molecule has 0 aliphatic carbocycles. The number of anilines is 1. The molecule has 0 bridgehead atoms. The van der Waals surface area contributed by atoms with Gasteiger partial charge in [-0.05, 0) is 55.3 Å². The first kappa shape index (κ1) is 19.4. The van der Waals surface area contributed by atoms with Crippen molar-refractivity contribution in [3.63, 3.8) is 0 Å². The van der Waals surface area contributed by atoms with E-state index in [1.165, 1.54) is 6.33 Å². The van der Waals surface area contributed by atoms with Crippen molar-refractivity contribution in [1.82, 2.24) is 15.3 Å². The number of ether oxygens (including phenoxy) is 1. The number of aromatic nitrogens is 2. The summed E-state index contributed by atoms with van der Waals surface area (Å²) in [7, 11) is 0. The van der Waals surface area contributed by atoms with Crippen LogP contribution in [-0.2, 0) is 14.3 Å². The molecule has 4 rings (SSSR count). The molecule has 1 N–H and O–H groups in total. The lowest BCUT2D eigenvalue weighted by atomic mass is 9.98. The largest absolute Gasteiger partial charge is 0.466 e. The highest BCUT2D eigenvalue weighted by Gasteiger charge is 2.29. The smallest absolute Gasteiger partial charge is 0.310 e. The number of hydrogen-bond donors (Lipinski definition) is 1. The summed E-state index contributed by atoms with van der Waals surface area (Å²) in [6.45, 7) is 3.52. The van der Waals surface area contributed by atoms with Crippen molar-refractivity contribution in [3.8, 4) is 0 Å². The van der Waals surface area contributed by atoms with Gasteiger partial charge in [0.05, 0.1) is 22.9 Å². The minimum Gasteiger partial charge on any atom is -0.466 e. The van der Waals surface area contributed by atoms with Crippen LogP contribution in [0.15, 0.2) is 29.4 Å². The zero-order valence-electron chi connectivity index (χ0n) is 15.9. The van der Waals surface area contributed by atoms with Gasteiger partial charge in [-0.1, -0.05) is 6.07 Å². The number of esters is 1. The summed E-state index contributed by atoms with van der Waals surface area (Å²) >= 11 is 0.883. The van der Waals surface area contributed by atoms with Gasteiger partial charge in [0.15, 0.2) is 0 Å². The van der Waals surface area contributed by atoms with E-state index >= 15 is 0 Å². The van der Waals surface area contributed by atoms with Crippen LogP contribution in [0.4, 0.5) is 10.6 Å². The number of imide groups is 1. The Kier molecular flexibility index (Phi) is 5.48. The zero-order valence-corrected chi connectivity index (χ0v) is 16.7. The van der Waals surface area contributed by atoms with Gasteiger partial charge in [0.1, 0.15) is 12.1 Å². The van der Waals surface area contributed by atoms with Gasteiger partial charge in [-0.25, -0.2) is 9.97 Å². The summed E-state index contributed by atoms with van der Waals surface area (Å²) in [4.78, 5) is 46.6. The van der Waals surface area contributed by atoms with Crippen LogP contribution in [0.2, 0.25) is 0 Å². The number of rotatable bonds is 4. The topological polar surface area (TPSA) is 101 Å². The summed E-state index contributed by atoms with van der Waals surface area (Å²) < 4.78 is 5.19. The Labute approximate surface area is 171 Å². The van der Waals surface area contributed by atoms with Crippen LogP contribution in [0, 0.1) is 5.92 Å². The van der Waals surface area contributed by atoms with E-state index in [1.54, 1.807) is 6.08 Å². The molecule has 2 amide bonds. The maximum atomic E-state index is 12.2. The molecular weight excluding hydrogens is 392 g/mol. The third-order valence-electron chi connectivity index (χ3n) is 4.92. The quantitative estimate of drug-likeness (QED) is 0.604. The molecule has 2 aromatic rings. The molecule has 3 heterocycles. The van der Waals surface area contributed by atoms with Gasteiger partial charge in [0.2, 0.25) is 0 Å². The van der Waals surface area contributed by atoms with Gasteiger partial charge in [0, 0.05) is 18.5 Å². The first-order chi connectivity index (χ1) is 14.0. The number of thioether (sulfide) groups is 1. The van der Waals surface area contributed by atoms with Crippen LogP contribution in [0.1, 0.15) is 25.3 Å². The summed E-state index contributed by atoms with van der Waals surface area (Å²) in [5.74, 6) is 0.0142. The predicted molar refractivity (Wildman–Crippen MR) is 110 cm³/mol. The number of benzene rings is 1. The van der Waals surface area contributed by atoms with Crippen molar-refractivity contribution >= 4 is 51.7 Å². The van der Waals surface area contributed by atoms with Gasteiger partial charge >= 0.3 is 5.97 Å². The molecule has 2 fully saturated rings. The molecular formula is C20H20N4O4S. The van der Waals surface area contributed by atoms with Gasteiger partial charge in [-0.15, -0.1) is 0 Å². The fraction of sp³-hybridized carbons (Fsp3) is 0.350. The molecule has 2 aliphatic rings. The van der Waals surface area contributed by atoms with E-state index in [4.69, 9.17) is 4.74 Å². The standard InChI is InChI=1S/C20H20N4O4S/c1-2-28-19(26)13-4-3-7-24(10-13)17-14-8-12(5-6-15(14)21-11-22-17)9-16-18(25)23-20(27)29-16/h5-6,8-9,11,13H,2-4,7,10H2,1H3,(H,23,25,27). The van der Waals surface area contributed by atoms with E-state index in [0.29, 0.717) is 18.1 Å².